The maximum Gasteiger partial charge on any atom is 0.0948 e. The average molecular weight is 157 g/mol. The molecule has 1 aromatic rings. The first-order valence-corrected chi connectivity index (χ1v) is 4.33. The maximum atomic E-state index is 4.21. The van der Waals surface area contributed by atoms with E-state index in [1.165, 1.54) is 24.1 Å². The third-order valence-corrected chi connectivity index (χ3v) is 2.41. The van der Waals surface area contributed by atoms with Crippen LogP contribution in [0.25, 0.3) is 0 Å². The molecule has 1 aliphatic carbocycles. The molecule has 2 nitrogen and oxygen atoms in total. The molecule has 1 saturated carbocycles. The van der Waals surface area contributed by atoms with Crippen LogP contribution in [0.5, 0.6) is 0 Å². The van der Waals surface area contributed by atoms with Gasteiger partial charge in [-0.25, -0.2) is 0 Å². The fraction of sp³-hybridized carbons (Fsp3) is 0.300. The fourth-order valence-corrected chi connectivity index (χ4v) is 1.60. The summed E-state index contributed by atoms with van der Waals surface area (Å²) < 4.78 is 0. The molecule has 12 heavy (non-hydrogen) atoms. The van der Waals surface area contributed by atoms with Crippen molar-refractivity contribution in [2.45, 2.75) is 12.8 Å². The smallest absolute Gasteiger partial charge is 0.0948 e. The molecule has 0 atom stereocenters. The van der Waals surface area contributed by atoms with Crippen LogP contribution in [0.2, 0.25) is 0 Å². The minimum Gasteiger partial charge on any atom is -0.154 e. The van der Waals surface area contributed by atoms with Gasteiger partial charge in [-0.05, 0) is 18.9 Å². The van der Waals surface area contributed by atoms with Crippen LogP contribution in [0.3, 0.4) is 0 Å². The van der Waals surface area contributed by atoms with E-state index in [0.29, 0.717) is 5.92 Å². The van der Waals surface area contributed by atoms with Gasteiger partial charge >= 0.3 is 0 Å². The molecule has 0 saturated heterocycles. The van der Waals surface area contributed by atoms with Crippen molar-refractivity contribution in [3.05, 3.63) is 29.8 Å². The molecule has 0 unspecified atom stereocenters. The molecule has 0 spiro atoms. The molecule has 0 bridgehead atoms. The highest BCUT2D eigenvalue weighted by Gasteiger charge is 2.32. The highest BCUT2D eigenvalue weighted by molar-refractivity contribution is 6.08. The largest absolute Gasteiger partial charge is 0.154 e. The van der Waals surface area contributed by atoms with Crippen LogP contribution < -0.4 is 5.43 Å². The van der Waals surface area contributed by atoms with Gasteiger partial charge in [0.25, 0.3) is 0 Å². The van der Waals surface area contributed by atoms with Crippen LogP contribution >= 0.6 is 0 Å². The summed E-state index contributed by atoms with van der Waals surface area (Å²) in [7, 11) is 0. The lowest BCUT2D eigenvalue weighted by Gasteiger charge is -1.96. The summed E-state index contributed by atoms with van der Waals surface area (Å²) in [6.45, 7) is 0. The third kappa shape index (κ3) is 0.779. The van der Waals surface area contributed by atoms with E-state index in [4.69, 9.17) is 0 Å². The third-order valence-electron chi connectivity index (χ3n) is 2.41. The van der Waals surface area contributed by atoms with E-state index in [1.807, 2.05) is 12.1 Å². The lowest BCUT2D eigenvalue weighted by Crippen LogP contribution is -1.98. The van der Waals surface area contributed by atoms with Crippen molar-refractivity contribution in [1.29, 1.82) is 0 Å². The Balaban J connectivity index is 2.08. The van der Waals surface area contributed by atoms with Gasteiger partial charge in [0.1, 0.15) is 0 Å². The van der Waals surface area contributed by atoms with Gasteiger partial charge in [-0.2, -0.15) is 10.5 Å². The van der Waals surface area contributed by atoms with Crippen molar-refractivity contribution in [1.82, 2.24) is 5.43 Å². The molecular formula is C10H9N2. The highest BCUT2D eigenvalue weighted by atomic mass is 15.3. The number of rotatable bonds is 1. The first-order chi connectivity index (χ1) is 5.95. The van der Waals surface area contributed by atoms with E-state index >= 15 is 0 Å². The first kappa shape index (κ1) is 6.23. The summed E-state index contributed by atoms with van der Waals surface area (Å²) in [5.41, 5.74) is 7.63. The molecule has 59 valence electrons. The zero-order valence-corrected chi connectivity index (χ0v) is 6.70. The molecule has 1 heterocycles. The quantitative estimate of drug-likeness (QED) is 0.596. The Morgan fingerprint density at radius 3 is 2.83 bits per heavy atom. The van der Waals surface area contributed by atoms with Gasteiger partial charge < -0.3 is 0 Å². The molecule has 0 amide bonds. The first-order valence-electron chi connectivity index (χ1n) is 4.33. The molecule has 3 rings (SSSR count). The average Bonchev–Trinajstić information content (AvgIpc) is 2.86. The Bertz CT molecular complexity index is 351. The van der Waals surface area contributed by atoms with Gasteiger partial charge in [-0.3, -0.25) is 0 Å². The number of benzene rings is 1. The van der Waals surface area contributed by atoms with Gasteiger partial charge in [-0.15, -0.1) is 0 Å². The topological polar surface area (TPSA) is 26.5 Å². The molecule has 2 aliphatic rings. The fourth-order valence-electron chi connectivity index (χ4n) is 1.60. The second-order valence-electron chi connectivity index (χ2n) is 3.38. The van der Waals surface area contributed by atoms with Crippen molar-refractivity contribution in [3.8, 4) is 0 Å². The van der Waals surface area contributed by atoms with Crippen molar-refractivity contribution < 1.29 is 0 Å². The number of nitrogens with zero attached hydrogens (tertiary/aromatic N) is 2. The number of hydrogen-bond acceptors (Lipinski definition) is 1. The summed E-state index contributed by atoms with van der Waals surface area (Å²) >= 11 is 0. The predicted octanol–water partition coefficient (Wildman–Crippen LogP) is 2.05. The lowest BCUT2D eigenvalue weighted by molar-refractivity contribution is 0.974. The molecule has 1 aliphatic heterocycles. The highest BCUT2D eigenvalue weighted by Crippen LogP contribution is 2.37. The normalized spacial score (nSPS) is 19.8. The van der Waals surface area contributed by atoms with E-state index < -0.39 is 0 Å². The van der Waals surface area contributed by atoms with Gasteiger partial charge in [-0.1, -0.05) is 18.2 Å². The summed E-state index contributed by atoms with van der Waals surface area (Å²) in [5.74, 6) is 0.706. The Hall–Kier alpha value is -1.31. The molecular weight excluding hydrogens is 148 g/mol. The van der Waals surface area contributed by atoms with Crippen molar-refractivity contribution in [2.24, 2.45) is 11.0 Å². The zero-order valence-electron chi connectivity index (χ0n) is 6.70. The lowest BCUT2D eigenvalue weighted by atomic mass is 10.1. The van der Waals surface area contributed by atoms with Gasteiger partial charge in [0.15, 0.2) is 0 Å². The van der Waals surface area contributed by atoms with Crippen LogP contribution in [0, 0.1) is 5.92 Å². The minimum atomic E-state index is 0.706. The summed E-state index contributed by atoms with van der Waals surface area (Å²) in [4.78, 5) is 0. The van der Waals surface area contributed by atoms with Crippen LogP contribution in [-0.4, -0.2) is 5.71 Å². The van der Waals surface area contributed by atoms with Gasteiger partial charge in [0.2, 0.25) is 0 Å². The summed E-state index contributed by atoms with van der Waals surface area (Å²) in [5, 5.41) is 4.21. The standard InChI is InChI=1S/C10H9N2/c1-2-4-9-8(3-1)10(12-11-9)7-5-6-7/h1-4,7H,5-6H2. The van der Waals surface area contributed by atoms with E-state index in [-0.39, 0.29) is 0 Å². The van der Waals surface area contributed by atoms with E-state index in [2.05, 4.69) is 22.7 Å². The maximum absolute atomic E-state index is 4.21. The Kier molecular flexibility index (Phi) is 1.09. The molecule has 0 aromatic heterocycles. The Labute approximate surface area is 71.3 Å². The number of fused-ring (bicyclic) bond motifs is 1. The van der Waals surface area contributed by atoms with Crippen molar-refractivity contribution >= 4 is 11.4 Å². The molecule has 1 radical (unpaired) electrons. The van der Waals surface area contributed by atoms with E-state index in [9.17, 15) is 0 Å². The predicted molar refractivity (Wildman–Crippen MR) is 47.5 cm³/mol. The van der Waals surface area contributed by atoms with Gasteiger partial charge in [0, 0.05) is 11.5 Å². The minimum absolute atomic E-state index is 0.706. The van der Waals surface area contributed by atoms with Crippen molar-refractivity contribution in [3.63, 3.8) is 0 Å². The molecule has 1 fully saturated rings. The van der Waals surface area contributed by atoms with Crippen LogP contribution in [-0.2, 0) is 0 Å². The van der Waals surface area contributed by atoms with Crippen LogP contribution in [0.4, 0.5) is 5.69 Å². The van der Waals surface area contributed by atoms with Gasteiger partial charge in [0.05, 0.1) is 11.4 Å². The molecule has 1 aromatic carbocycles. The number of hydrogen-bond donors (Lipinski definition) is 0. The van der Waals surface area contributed by atoms with Crippen LogP contribution in [0.15, 0.2) is 29.4 Å². The Morgan fingerprint density at radius 2 is 2.00 bits per heavy atom. The van der Waals surface area contributed by atoms with E-state index in [0.717, 1.165) is 5.69 Å². The summed E-state index contributed by atoms with van der Waals surface area (Å²) in [6, 6.07) is 8.20. The zero-order chi connectivity index (χ0) is 7.97. The SMILES string of the molecule is c1ccc2c(c1)[N]N=C2C1CC1. The van der Waals surface area contributed by atoms with E-state index in [1.54, 1.807) is 0 Å². The molecule has 0 N–H and O–H groups in total. The molecule has 2 heteroatoms. The monoisotopic (exact) mass is 157 g/mol. The van der Waals surface area contributed by atoms with Crippen molar-refractivity contribution in [2.75, 3.05) is 0 Å². The Morgan fingerprint density at radius 1 is 1.17 bits per heavy atom. The second-order valence-corrected chi connectivity index (χ2v) is 3.38. The second kappa shape index (κ2) is 2.09. The summed E-state index contributed by atoms with van der Waals surface area (Å²) in [6.07, 6.45) is 2.59. The van der Waals surface area contributed by atoms with Crippen LogP contribution in [0.1, 0.15) is 18.4 Å².